The largest absolute Gasteiger partial charge is 0.377 e. The number of hydrogen-bond acceptors (Lipinski definition) is 2. The van der Waals surface area contributed by atoms with Crippen molar-refractivity contribution in [2.24, 2.45) is 0 Å². The fourth-order valence-corrected chi connectivity index (χ4v) is 3.05. The zero-order valence-electron chi connectivity index (χ0n) is 12.8. The molecular weight excluding hydrogens is 246 g/mol. The van der Waals surface area contributed by atoms with E-state index in [-0.39, 0.29) is 0 Å². The van der Waals surface area contributed by atoms with E-state index in [9.17, 15) is 0 Å². The standard InChI is InChI=1S/C18H29NO/c1-2-9-18(16-10-5-3-6-11-16)19-14-15-20-17-12-7-4-8-13-17/h3,5-6,10-11,17-19H,2,4,7-9,12-15H2,1H3. The van der Waals surface area contributed by atoms with Gasteiger partial charge in [-0.3, -0.25) is 0 Å². The summed E-state index contributed by atoms with van der Waals surface area (Å²) in [6.07, 6.45) is 9.52. The van der Waals surface area contributed by atoms with Gasteiger partial charge >= 0.3 is 0 Å². The van der Waals surface area contributed by atoms with Gasteiger partial charge in [0.1, 0.15) is 0 Å². The lowest BCUT2D eigenvalue weighted by molar-refractivity contribution is 0.0292. The Bertz CT molecular complexity index is 346. The minimum Gasteiger partial charge on any atom is -0.377 e. The van der Waals surface area contributed by atoms with E-state index in [4.69, 9.17) is 4.74 Å². The van der Waals surface area contributed by atoms with E-state index in [0.29, 0.717) is 12.1 Å². The summed E-state index contributed by atoms with van der Waals surface area (Å²) < 4.78 is 5.98. The Balaban J connectivity index is 1.69. The van der Waals surface area contributed by atoms with Gasteiger partial charge < -0.3 is 10.1 Å². The van der Waals surface area contributed by atoms with Gasteiger partial charge in [-0.1, -0.05) is 62.9 Å². The normalized spacial score (nSPS) is 18.1. The molecule has 20 heavy (non-hydrogen) atoms. The van der Waals surface area contributed by atoms with E-state index < -0.39 is 0 Å². The molecular formula is C18H29NO. The lowest BCUT2D eigenvalue weighted by Crippen LogP contribution is -2.27. The van der Waals surface area contributed by atoms with E-state index in [1.54, 1.807) is 0 Å². The van der Waals surface area contributed by atoms with Gasteiger partial charge in [-0.05, 0) is 24.8 Å². The molecule has 0 bridgehead atoms. The van der Waals surface area contributed by atoms with Crippen LogP contribution in [0.3, 0.4) is 0 Å². The molecule has 0 spiro atoms. The van der Waals surface area contributed by atoms with Crippen molar-refractivity contribution in [2.45, 2.75) is 64.0 Å². The molecule has 0 aromatic heterocycles. The van der Waals surface area contributed by atoms with Crippen molar-refractivity contribution in [3.63, 3.8) is 0 Å². The molecule has 1 unspecified atom stereocenters. The van der Waals surface area contributed by atoms with Gasteiger partial charge in [0.2, 0.25) is 0 Å². The van der Waals surface area contributed by atoms with Crippen LogP contribution in [0, 0.1) is 0 Å². The van der Waals surface area contributed by atoms with Crippen molar-refractivity contribution < 1.29 is 4.74 Å². The molecule has 1 fully saturated rings. The fraction of sp³-hybridized carbons (Fsp3) is 0.667. The second-order valence-corrected chi connectivity index (χ2v) is 5.84. The highest BCUT2D eigenvalue weighted by Gasteiger charge is 2.14. The van der Waals surface area contributed by atoms with Crippen LogP contribution >= 0.6 is 0 Å². The molecule has 0 amide bonds. The molecule has 0 heterocycles. The SMILES string of the molecule is CCCC(NCCOC1CCCCC1)c1ccccc1. The van der Waals surface area contributed by atoms with Crippen molar-refractivity contribution in [1.82, 2.24) is 5.32 Å². The number of hydrogen-bond donors (Lipinski definition) is 1. The second-order valence-electron chi connectivity index (χ2n) is 5.84. The van der Waals surface area contributed by atoms with Crippen LogP contribution in [0.4, 0.5) is 0 Å². The lowest BCUT2D eigenvalue weighted by Gasteiger charge is -2.23. The Morgan fingerprint density at radius 3 is 2.60 bits per heavy atom. The topological polar surface area (TPSA) is 21.3 Å². The van der Waals surface area contributed by atoms with Gasteiger partial charge in [0.25, 0.3) is 0 Å². The summed E-state index contributed by atoms with van der Waals surface area (Å²) in [5, 5.41) is 3.65. The highest BCUT2D eigenvalue weighted by Crippen LogP contribution is 2.20. The van der Waals surface area contributed by atoms with Crippen LogP contribution in [-0.2, 0) is 4.74 Å². The average Bonchev–Trinajstić information content (AvgIpc) is 2.52. The van der Waals surface area contributed by atoms with Gasteiger partial charge in [-0.2, -0.15) is 0 Å². The van der Waals surface area contributed by atoms with Gasteiger partial charge in [0.05, 0.1) is 12.7 Å². The molecule has 2 rings (SSSR count). The predicted octanol–water partition coefficient (Wildman–Crippen LogP) is 4.47. The van der Waals surface area contributed by atoms with Crippen molar-refractivity contribution in [1.29, 1.82) is 0 Å². The summed E-state index contributed by atoms with van der Waals surface area (Å²) in [7, 11) is 0. The van der Waals surface area contributed by atoms with Crippen LogP contribution in [0.25, 0.3) is 0 Å². The molecule has 112 valence electrons. The fourth-order valence-electron chi connectivity index (χ4n) is 3.05. The maximum absolute atomic E-state index is 5.98. The minimum atomic E-state index is 0.469. The number of nitrogens with one attached hydrogen (secondary N) is 1. The number of rotatable bonds is 8. The first-order valence-electron chi connectivity index (χ1n) is 8.30. The van der Waals surface area contributed by atoms with Crippen LogP contribution in [0.1, 0.15) is 63.5 Å². The van der Waals surface area contributed by atoms with Crippen LogP contribution in [0.15, 0.2) is 30.3 Å². The summed E-state index contributed by atoms with van der Waals surface area (Å²) in [6, 6.07) is 11.2. The third kappa shape index (κ3) is 5.26. The maximum Gasteiger partial charge on any atom is 0.0594 e. The summed E-state index contributed by atoms with van der Waals surface area (Å²) in [6.45, 7) is 4.05. The molecule has 1 aliphatic rings. The first-order valence-corrected chi connectivity index (χ1v) is 8.30. The zero-order chi connectivity index (χ0) is 14.0. The smallest absolute Gasteiger partial charge is 0.0594 e. The van der Waals surface area contributed by atoms with Gasteiger partial charge in [-0.25, -0.2) is 0 Å². The molecule has 1 aliphatic carbocycles. The Labute approximate surface area is 123 Å². The first kappa shape index (κ1) is 15.5. The Morgan fingerprint density at radius 1 is 1.15 bits per heavy atom. The summed E-state index contributed by atoms with van der Waals surface area (Å²) in [5.74, 6) is 0. The van der Waals surface area contributed by atoms with Crippen LogP contribution in [0.5, 0.6) is 0 Å². The maximum atomic E-state index is 5.98. The molecule has 1 aromatic carbocycles. The molecule has 0 radical (unpaired) electrons. The molecule has 0 saturated heterocycles. The molecule has 1 N–H and O–H groups in total. The number of benzene rings is 1. The summed E-state index contributed by atoms with van der Waals surface area (Å²) >= 11 is 0. The van der Waals surface area contributed by atoms with Crippen molar-refractivity contribution in [3.8, 4) is 0 Å². The molecule has 1 aromatic rings. The van der Waals surface area contributed by atoms with Gasteiger partial charge in [0, 0.05) is 12.6 Å². The van der Waals surface area contributed by atoms with E-state index in [0.717, 1.165) is 13.2 Å². The third-order valence-corrected chi connectivity index (χ3v) is 4.18. The van der Waals surface area contributed by atoms with E-state index >= 15 is 0 Å². The van der Waals surface area contributed by atoms with Crippen LogP contribution in [0.2, 0.25) is 0 Å². The first-order chi connectivity index (χ1) is 9.90. The minimum absolute atomic E-state index is 0.469. The summed E-state index contributed by atoms with van der Waals surface area (Å²) in [5.41, 5.74) is 1.40. The second kappa shape index (κ2) is 9.15. The summed E-state index contributed by atoms with van der Waals surface area (Å²) in [4.78, 5) is 0. The van der Waals surface area contributed by atoms with Gasteiger partial charge in [0.15, 0.2) is 0 Å². The number of ether oxygens (including phenoxy) is 1. The highest BCUT2D eigenvalue weighted by atomic mass is 16.5. The quantitative estimate of drug-likeness (QED) is 0.707. The monoisotopic (exact) mass is 275 g/mol. The van der Waals surface area contributed by atoms with E-state index in [1.807, 2.05) is 0 Å². The molecule has 2 nitrogen and oxygen atoms in total. The van der Waals surface area contributed by atoms with Crippen molar-refractivity contribution in [2.75, 3.05) is 13.2 Å². The Hall–Kier alpha value is -0.860. The molecule has 0 aliphatic heterocycles. The van der Waals surface area contributed by atoms with E-state index in [1.165, 1.54) is 50.5 Å². The Kier molecular flexibility index (Phi) is 7.10. The van der Waals surface area contributed by atoms with Crippen LogP contribution < -0.4 is 5.32 Å². The van der Waals surface area contributed by atoms with Crippen LogP contribution in [-0.4, -0.2) is 19.3 Å². The van der Waals surface area contributed by atoms with Crippen molar-refractivity contribution in [3.05, 3.63) is 35.9 Å². The lowest BCUT2D eigenvalue weighted by atomic mass is 9.98. The zero-order valence-corrected chi connectivity index (χ0v) is 12.8. The van der Waals surface area contributed by atoms with Crippen molar-refractivity contribution >= 4 is 0 Å². The van der Waals surface area contributed by atoms with Gasteiger partial charge in [-0.15, -0.1) is 0 Å². The average molecular weight is 275 g/mol. The highest BCUT2D eigenvalue weighted by molar-refractivity contribution is 5.18. The molecule has 1 atom stereocenters. The molecule has 1 saturated carbocycles. The predicted molar refractivity (Wildman–Crippen MR) is 84.9 cm³/mol. The molecule has 2 heteroatoms. The Morgan fingerprint density at radius 2 is 1.90 bits per heavy atom. The van der Waals surface area contributed by atoms with E-state index in [2.05, 4.69) is 42.6 Å². The third-order valence-electron chi connectivity index (χ3n) is 4.18.